The van der Waals surface area contributed by atoms with E-state index in [4.69, 9.17) is 23.2 Å². The molecule has 0 aliphatic carbocycles. The van der Waals surface area contributed by atoms with E-state index in [0.29, 0.717) is 5.88 Å². The van der Waals surface area contributed by atoms with Crippen LogP contribution in [0.15, 0.2) is 36.4 Å². The van der Waals surface area contributed by atoms with Crippen molar-refractivity contribution >= 4 is 23.2 Å². The SMILES string of the molecule is ClCCC=CCc1ccc(Cl)cc1. The van der Waals surface area contributed by atoms with Crippen LogP contribution in [-0.4, -0.2) is 5.88 Å². The van der Waals surface area contributed by atoms with Gasteiger partial charge in [-0.2, -0.15) is 0 Å². The number of hydrogen-bond donors (Lipinski definition) is 0. The maximum absolute atomic E-state index is 5.76. The van der Waals surface area contributed by atoms with E-state index in [2.05, 4.69) is 12.2 Å². The summed E-state index contributed by atoms with van der Waals surface area (Å²) in [4.78, 5) is 0. The number of rotatable bonds is 4. The summed E-state index contributed by atoms with van der Waals surface area (Å²) >= 11 is 11.3. The van der Waals surface area contributed by atoms with Gasteiger partial charge in [0.15, 0.2) is 0 Å². The predicted octanol–water partition coefficient (Wildman–Crippen LogP) is 4.07. The standard InChI is InChI=1S/C11H12Cl2/c12-9-3-1-2-4-10-5-7-11(13)8-6-10/h1-2,5-8H,3-4,9H2. The van der Waals surface area contributed by atoms with Crippen molar-refractivity contribution in [2.75, 3.05) is 5.88 Å². The lowest BCUT2D eigenvalue weighted by molar-refractivity contribution is 1.18. The van der Waals surface area contributed by atoms with Gasteiger partial charge in [0.2, 0.25) is 0 Å². The molecular formula is C11H12Cl2. The fourth-order valence-electron chi connectivity index (χ4n) is 1.02. The molecule has 0 saturated heterocycles. The fraction of sp³-hybridized carbons (Fsp3) is 0.273. The van der Waals surface area contributed by atoms with E-state index in [1.165, 1.54) is 5.56 Å². The van der Waals surface area contributed by atoms with Gasteiger partial charge in [0.25, 0.3) is 0 Å². The predicted molar refractivity (Wildman–Crippen MR) is 59.6 cm³/mol. The summed E-state index contributed by atoms with van der Waals surface area (Å²) in [5, 5.41) is 0.786. The number of hydrogen-bond acceptors (Lipinski definition) is 0. The fourth-order valence-corrected chi connectivity index (χ4v) is 1.27. The average molecular weight is 215 g/mol. The van der Waals surface area contributed by atoms with E-state index in [1.54, 1.807) is 0 Å². The maximum Gasteiger partial charge on any atom is 0.0406 e. The third-order valence-electron chi connectivity index (χ3n) is 1.71. The number of allylic oxidation sites excluding steroid dienone is 2. The first-order chi connectivity index (χ1) is 6.33. The monoisotopic (exact) mass is 214 g/mol. The summed E-state index contributed by atoms with van der Waals surface area (Å²) in [5.74, 6) is 0.692. The molecule has 0 aliphatic heterocycles. The molecule has 0 saturated carbocycles. The van der Waals surface area contributed by atoms with E-state index in [1.807, 2.05) is 24.3 Å². The minimum Gasteiger partial charge on any atom is -0.126 e. The molecule has 0 aliphatic rings. The molecule has 1 rings (SSSR count). The lowest BCUT2D eigenvalue weighted by Crippen LogP contribution is -1.79. The van der Waals surface area contributed by atoms with Gasteiger partial charge in [-0.25, -0.2) is 0 Å². The molecule has 70 valence electrons. The molecule has 0 nitrogen and oxygen atoms in total. The Morgan fingerprint density at radius 2 is 1.77 bits per heavy atom. The maximum atomic E-state index is 5.76. The summed E-state index contributed by atoms with van der Waals surface area (Å²) in [6.45, 7) is 0. The molecule has 1 aromatic carbocycles. The lowest BCUT2D eigenvalue weighted by atomic mass is 10.1. The smallest absolute Gasteiger partial charge is 0.0406 e. The van der Waals surface area contributed by atoms with Crippen LogP contribution in [0.2, 0.25) is 5.02 Å². The van der Waals surface area contributed by atoms with Crippen LogP contribution in [0, 0.1) is 0 Å². The highest BCUT2D eigenvalue weighted by atomic mass is 35.5. The number of alkyl halides is 1. The van der Waals surface area contributed by atoms with Crippen molar-refractivity contribution in [3.63, 3.8) is 0 Å². The van der Waals surface area contributed by atoms with Crippen LogP contribution in [0.25, 0.3) is 0 Å². The molecular weight excluding hydrogens is 203 g/mol. The normalized spacial score (nSPS) is 10.9. The molecule has 0 fully saturated rings. The Hall–Kier alpha value is -0.460. The zero-order chi connectivity index (χ0) is 9.52. The second-order valence-electron chi connectivity index (χ2n) is 2.78. The average Bonchev–Trinajstić information content (AvgIpc) is 2.15. The second kappa shape index (κ2) is 6.06. The molecule has 0 N–H and O–H groups in total. The number of halogens is 2. The van der Waals surface area contributed by atoms with Crippen molar-refractivity contribution < 1.29 is 0 Å². The van der Waals surface area contributed by atoms with Crippen molar-refractivity contribution in [2.45, 2.75) is 12.8 Å². The number of benzene rings is 1. The molecule has 0 heterocycles. The van der Waals surface area contributed by atoms with Crippen LogP contribution >= 0.6 is 23.2 Å². The van der Waals surface area contributed by atoms with Crippen LogP contribution in [0.5, 0.6) is 0 Å². The molecule has 0 atom stereocenters. The molecule has 0 aromatic heterocycles. The van der Waals surface area contributed by atoms with Gasteiger partial charge >= 0.3 is 0 Å². The Bertz CT molecular complexity index is 262. The summed E-state index contributed by atoms with van der Waals surface area (Å²) in [6.07, 6.45) is 6.12. The Morgan fingerprint density at radius 1 is 1.08 bits per heavy atom. The molecule has 0 spiro atoms. The minimum atomic E-state index is 0.692. The summed E-state index contributed by atoms with van der Waals surface area (Å²) in [7, 11) is 0. The summed E-state index contributed by atoms with van der Waals surface area (Å²) in [6, 6.07) is 7.89. The van der Waals surface area contributed by atoms with Crippen molar-refractivity contribution in [1.29, 1.82) is 0 Å². The van der Waals surface area contributed by atoms with Crippen molar-refractivity contribution in [3.05, 3.63) is 47.0 Å². The van der Waals surface area contributed by atoms with Crippen LogP contribution in [0.4, 0.5) is 0 Å². The molecule has 0 radical (unpaired) electrons. The first kappa shape index (κ1) is 10.6. The van der Waals surface area contributed by atoms with Gasteiger partial charge in [0.05, 0.1) is 0 Å². The van der Waals surface area contributed by atoms with E-state index in [0.717, 1.165) is 17.9 Å². The molecule has 0 unspecified atom stereocenters. The Morgan fingerprint density at radius 3 is 2.38 bits per heavy atom. The first-order valence-electron chi connectivity index (χ1n) is 4.28. The lowest BCUT2D eigenvalue weighted by Gasteiger charge is -1.95. The van der Waals surface area contributed by atoms with Gasteiger partial charge < -0.3 is 0 Å². The van der Waals surface area contributed by atoms with E-state index in [-0.39, 0.29) is 0 Å². The Kier molecular flexibility index (Phi) is 4.95. The zero-order valence-electron chi connectivity index (χ0n) is 7.34. The third kappa shape index (κ3) is 4.35. The van der Waals surface area contributed by atoms with E-state index < -0.39 is 0 Å². The van der Waals surface area contributed by atoms with Crippen LogP contribution < -0.4 is 0 Å². The highest BCUT2D eigenvalue weighted by Gasteiger charge is 1.89. The van der Waals surface area contributed by atoms with Crippen molar-refractivity contribution in [3.8, 4) is 0 Å². The second-order valence-corrected chi connectivity index (χ2v) is 3.59. The van der Waals surface area contributed by atoms with Gasteiger partial charge in [0.1, 0.15) is 0 Å². The van der Waals surface area contributed by atoms with Crippen LogP contribution in [-0.2, 0) is 6.42 Å². The van der Waals surface area contributed by atoms with Crippen LogP contribution in [0.1, 0.15) is 12.0 Å². The van der Waals surface area contributed by atoms with E-state index >= 15 is 0 Å². The van der Waals surface area contributed by atoms with Crippen molar-refractivity contribution in [2.24, 2.45) is 0 Å². The zero-order valence-corrected chi connectivity index (χ0v) is 8.85. The van der Waals surface area contributed by atoms with Gasteiger partial charge in [0, 0.05) is 10.9 Å². The first-order valence-corrected chi connectivity index (χ1v) is 5.19. The van der Waals surface area contributed by atoms with Gasteiger partial charge in [-0.15, -0.1) is 11.6 Å². The third-order valence-corrected chi connectivity index (χ3v) is 2.18. The molecule has 0 amide bonds. The minimum absolute atomic E-state index is 0.692. The van der Waals surface area contributed by atoms with Gasteiger partial charge in [-0.1, -0.05) is 35.9 Å². The Labute approximate surface area is 89.2 Å². The highest BCUT2D eigenvalue weighted by molar-refractivity contribution is 6.30. The molecule has 1 aromatic rings. The quantitative estimate of drug-likeness (QED) is 0.524. The van der Waals surface area contributed by atoms with E-state index in [9.17, 15) is 0 Å². The van der Waals surface area contributed by atoms with Gasteiger partial charge in [-0.3, -0.25) is 0 Å². The highest BCUT2D eigenvalue weighted by Crippen LogP contribution is 2.10. The van der Waals surface area contributed by atoms with Crippen LogP contribution in [0.3, 0.4) is 0 Å². The topological polar surface area (TPSA) is 0 Å². The van der Waals surface area contributed by atoms with Crippen molar-refractivity contribution in [1.82, 2.24) is 0 Å². The molecule has 2 heteroatoms. The molecule has 13 heavy (non-hydrogen) atoms. The largest absolute Gasteiger partial charge is 0.126 e. The summed E-state index contributed by atoms with van der Waals surface area (Å²) < 4.78 is 0. The summed E-state index contributed by atoms with van der Waals surface area (Å²) in [5.41, 5.74) is 1.27. The molecule has 0 bridgehead atoms. The Balaban J connectivity index is 2.41. The van der Waals surface area contributed by atoms with Gasteiger partial charge in [-0.05, 0) is 30.5 Å².